The molecular formula is C51H52FN7O9. The average molecular weight is 926 g/mol. The van der Waals surface area contributed by atoms with E-state index >= 15 is 14.0 Å². The van der Waals surface area contributed by atoms with Gasteiger partial charge in [0.25, 0.3) is 5.56 Å². The summed E-state index contributed by atoms with van der Waals surface area (Å²) in [4.78, 5) is 66.4. The Labute approximate surface area is 390 Å². The van der Waals surface area contributed by atoms with Crippen molar-refractivity contribution in [1.82, 2.24) is 24.5 Å². The fourth-order valence-electron chi connectivity index (χ4n) is 10.9. The van der Waals surface area contributed by atoms with Crippen molar-refractivity contribution in [2.75, 3.05) is 39.8 Å². The molecule has 16 nitrogen and oxygen atoms in total. The third-order valence-corrected chi connectivity index (χ3v) is 14.6. The van der Waals surface area contributed by atoms with Crippen molar-refractivity contribution in [3.8, 4) is 45.3 Å². The summed E-state index contributed by atoms with van der Waals surface area (Å²) in [5.41, 5.74) is 16.5. The lowest BCUT2D eigenvalue weighted by Crippen LogP contribution is -2.46. The number of hydrogen-bond acceptors (Lipinski definition) is 15. The van der Waals surface area contributed by atoms with Crippen LogP contribution in [-0.4, -0.2) is 92.4 Å². The van der Waals surface area contributed by atoms with E-state index in [1.807, 2.05) is 26.0 Å². The molecule has 3 aliphatic heterocycles. The Kier molecular flexibility index (Phi) is 11.1. The van der Waals surface area contributed by atoms with Gasteiger partial charge in [-0.25, -0.2) is 14.2 Å². The molecule has 6 N–H and O–H groups in total. The zero-order valence-corrected chi connectivity index (χ0v) is 38.5. The minimum absolute atomic E-state index is 0.0398. The van der Waals surface area contributed by atoms with Crippen molar-refractivity contribution in [2.45, 2.75) is 84.0 Å². The zero-order valence-electron chi connectivity index (χ0n) is 38.5. The average Bonchev–Trinajstić information content (AvgIpc) is 3.92. The van der Waals surface area contributed by atoms with Crippen molar-refractivity contribution in [2.24, 2.45) is 11.5 Å². The number of cyclic esters (lactones) is 1. The fourth-order valence-corrected chi connectivity index (χ4v) is 10.9. The number of nitrogens with two attached hydrogens (primary N) is 2. The van der Waals surface area contributed by atoms with E-state index in [0.29, 0.717) is 58.5 Å². The lowest BCUT2D eigenvalue weighted by atomic mass is 9.67. The van der Waals surface area contributed by atoms with Crippen LogP contribution in [0.4, 0.5) is 4.39 Å². The Hall–Kier alpha value is -6.79. The molecule has 0 saturated carbocycles. The number of carbonyl (C=O) groups is 3. The van der Waals surface area contributed by atoms with Gasteiger partial charge in [0.15, 0.2) is 11.5 Å². The maximum absolute atomic E-state index is 15.5. The molecule has 17 heteroatoms. The molecule has 4 aliphatic rings. The van der Waals surface area contributed by atoms with Gasteiger partial charge in [0.05, 0.1) is 46.7 Å². The van der Waals surface area contributed by atoms with E-state index in [4.69, 9.17) is 30.4 Å². The number of likely N-dealkylation sites (N-methyl/N-ethyl adjacent to an activating group) is 1. The summed E-state index contributed by atoms with van der Waals surface area (Å²) in [6.45, 7) is 10.2. The number of halogens is 1. The Bertz CT molecular complexity index is 3210. The molecule has 3 aromatic heterocycles. The number of fused-ring (bicyclic) bond motifs is 5. The Morgan fingerprint density at radius 2 is 1.76 bits per heavy atom. The third kappa shape index (κ3) is 6.93. The molecular weight excluding hydrogens is 874 g/mol. The number of phenols is 2. The first kappa shape index (κ1) is 45.0. The molecule has 2 atom stereocenters. The maximum atomic E-state index is 15.5. The maximum Gasteiger partial charge on any atom is 0.368 e. The van der Waals surface area contributed by atoms with Gasteiger partial charge >= 0.3 is 17.9 Å². The fraction of sp³-hybridized carbons (Fsp3) is 0.373. The summed E-state index contributed by atoms with van der Waals surface area (Å²) in [5, 5.41) is 27.3. The third-order valence-electron chi connectivity index (χ3n) is 14.6. The van der Waals surface area contributed by atoms with Gasteiger partial charge in [0.2, 0.25) is 0 Å². The van der Waals surface area contributed by atoms with Gasteiger partial charge in [0.1, 0.15) is 29.3 Å². The number of hydrogen-bond donors (Lipinski definition) is 4. The van der Waals surface area contributed by atoms with Gasteiger partial charge in [-0.1, -0.05) is 44.1 Å². The number of pyridine rings is 2. The number of benzene rings is 3. The van der Waals surface area contributed by atoms with Crippen molar-refractivity contribution >= 4 is 28.8 Å². The van der Waals surface area contributed by atoms with E-state index in [1.165, 1.54) is 12.1 Å². The van der Waals surface area contributed by atoms with E-state index in [2.05, 4.69) is 22.0 Å². The Morgan fingerprint density at radius 3 is 2.49 bits per heavy atom. The summed E-state index contributed by atoms with van der Waals surface area (Å²) >= 11 is 0. The van der Waals surface area contributed by atoms with E-state index in [0.717, 1.165) is 59.9 Å². The standard InChI is InChI=1S/C51H52FN7O9/c1-6-51(34-17-38-45-31(22-59(38)48(63)32(34)23-66-50(51)65)42-36(54)10-9-27-25(4)35(52)18-37(55-45)43(27)42)33-15-26(21-58-13-11-57(5)12-14-58)7-8-28(33)44-46(49(64)67-41(62)20-53)56-68-47(44)30-16-29(24(2)3)39(60)19-40(30)61/h7-8,15-19,24,36,60-61H,6,9-14,20-23,53-54H2,1-5H3/t36-,51+/m1/s1. The Morgan fingerprint density at radius 1 is 1.00 bits per heavy atom. The topological polar surface area (TPSA) is 230 Å². The van der Waals surface area contributed by atoms with Crippen LogP contribution in [0.15, 0.2) is 51.8 Å². The number of nitrogens with zero attached hydrogens (tertiary/aromatic N) is 5. The molecule has 0 amide bonds. The van der Waals surface area contributed by atoms with E-state index in [1.54, 1.807) is 30.5 Å². The summed E-state index contributed by atoms with van der Waals surface area (Å²) in [6, 6.07) is 11.0. The number of esters is 3. The van der Waals surface area contributed by atoms with Crippen LogP contribution in [0, 0.1) is 12.7 Å². The first-order chi connectivity index (χ1) is 32.6. The second-order valence-electron chi connectivity index (χ2n) is 18.7. The number of aromatic nitrogens is 3. The van der Waals surface area contributed by atoms with Crippen LogP contribution in [0.2, 0.25) is 0 Å². The van der Waals surface area contributed by atoms with Crippen LogP contribution in [0.3, 0.4) is 0 Å². The SMILES string of the molecule is CC[C@@]1(c2cc(CN3CCN(C)CC3)ccc2-c2c(C(=O)OC(=O)CN)noc2-c2cc(C(C)C)c(O)cc2O)C(=O)OCc2c1cc1n(c2=O)Cc2c-1nc1cc(F)c(C)c3c1c2[C@H](N)CC3. The van der Waals surface area contributed by atoms with Gasteiger partial charge in [-0.05, 0) is 95.8 Å². The van der Waals surface area contributed by atoms with Gasteiger partial charge < -0.3 is 45.1 Å². The predicted molar refractivity (Wildman–Crippen MR) is 248 cm³/mol. The number of piperazine rings is 1. The Balaban J connectivity index is 1.25. The van der Waals surface area contributed by atoms with Gasteiger partial charge in [-0.15, -0.1) is 0 Å². The quantitative estimate of drug-likeness (QED) is 0.0988. The summed E-state index contributed by atoms with van der Waals surface area (Å²) in [7, 11) is 2.06. The highest BCUT2D eigenvalue weighted by atomic mass is 19.1. The summed E-state index contributed by atoms with van der Waals surface area (Å²) in [6.07, 6.45) is 1.22. The zero-order chi connectivity index (χ0) is 48.1. The highest BCUT2D eigenvalue weighted by molar-refractivity contribution is 6.05. The normalized spacial score (nSPS) is 19.0. The number of carbonyl (C=O) groups excluding carboxylic acids is 3. The molecule has 68 heavy (non-hydrogen) atoms. The minimum atomic E-state index is -1.75. The molecule has 1 aliphatic carbocycles. The number of ether oxygens (including phenoxy) is 2. The lowest BCUT2D eigenvalue weighted by Gasteiger charge is -2.38. The van der Waals surface area contributed by atoms with Crippen molar-refractivity contribution < 1.29 is 43.0 Å². The first-order valence-electron chi connectivity index (χ1n) is 23.0. The van der Waals surface area contributed by atoms with Crippen LogP contribution in [0.25, 0.3) is 44.7 Å². The molecule has 1 fully saturated rings. The largest absolute Gasteiger partial charge is 0.508 e. The molecule has 6 heterocycles. The molecule has 3 aromatic carbocycles. The number of phenolic OH excluding ortho intramolecular Hbond substituents is 2. The van der Waals surface area contributed by atoms with Crippen molar-refractivity contribution in [3.63, 3.8) is 0 Å². The second-order valence-corrected chi connectivity index (χ2v) is 18.7. The lowest BCUT2D eigenvalue weighted by molar-refractivity contribution is -0.152. The number of aryl methyl sites for hydroxylation is 1. The minimum Gasteiger partial charge on any atom is -0.508 e. The molecule has 352 valence electrons. The van der Waals surface area contributed by atoms with Crippen LogP contribution >= 0.6 is 0 Å². The van der Waals surface area contributed by atoms with Crippen molar-refractivity contribution in [3.05, 3.63) is 114 Å². The van der Waals surface area contributed by atoms with E-state index < -0.39 is 46.9 Å². The van der Waals surface area contributed by atoms with Crippen LogP contribution < -0.4 is 17.0 Å². The van der Waals surface area contributed by atoms with Crippen LogP contribution in [0.5, 0.6) is 11.5 Å². The summed E-state index contributed by atoms with van der Waals surface area (Å²) < 4.78 is 34.3. The highest BCUT2D eigenvalue weighted by Crippen LogP contribution is 2.52. The first-order valence-corrected chi connectivity index (χ1v) is 23.0. The van der Waals surface area contributed by atoms with Crippen LogP contribution in [0.1, 0.15) is 106 Å². The number of rotatable bonds is 9. The molecule has 0 spiro atoms. The van der Waals surface area contributed by atoms with Gasteiger partial charge in [0, 0.05) is 61.8 Å². The monoisotopic (exact) mass is 925 g/mol. The molecule has 0 radical (unpaired) electrons. The van der Waals surface area contributed by atoms with Crippen LogP contribution in [-0.2, 0) is 50.6 Å². The molecule has 0 bridgehead atoms. The van der Waals surface area contributed by atoms with E-state index in [9.17, 15) is 19.8 Å². The second kappa shape index (κ2) is 16.8. The molecule has 6 aromatic rings. The number of aromatic hydroxyl groups is 2. The van der Waals surface area contributed by atoms with Gasteiger partial charge in [-0.3, -0.25) is 19.3 Å². The molecule has 0 unspecified atom stereocenters. The van der Waals surface area contributed by atoms with Crippen molar-refractivity contribution in [1.29, 1.82) is 0 Å². The highest BCUT2D eigenvalue weighted by Gasteiger charge is 2.51. The summed E-state index contributed by atoms with van der Waals surface area (Å²) in [5.74, 6) is -4.26. The smallest absolute Gasteiger partial charge is 0.368 e. The molecule has 1 saturated heterocycles. The van der Waals surface area contributed by atoms with E-state index in [-0.39, 0.29) is 71.1 Å². The molecule has 10 rings (SSSR count). The van der Waals surface area contributed by atoms with Gasteiger partial charge in [-0.2, -0.15) is 0 Å². The predicted octanol–water partition coefficient (Wildman–Crippen LogP) is 5.82.